The zero-order valence-corrected chi connectivity index (χ0v) is 15.1. The standard InChI is InChI=1S/C19H30N4O/c1-4-20-18(24)17-10-6-9-16(12-17)13-22-19(21-5-2)23-11-7-8-15(3)14-23/h6,9-10,12,15H,4-5,7-8,11,13-14H2,1-3H3,(H,20,24)(H,21,22). The number of aliphatic imine (C=N–C) groups is 1. The van der Waals surface area contributed by atoms with Gasteiger partial charge in [-0.05, 0) is 50.3 Å². The number of rotatable bonds is 5. The highest BCUT2D eigenvalue weighted by Gasteiger charge is 2.19. The Labute approximate surface area is 145 Å². The third-order valence-electron chi connectivity index (χ3n) is 4.23. The molecule has 1 aliphatic rings. The molecule has 1 amide bonds. The van der Waals surface area contributed by atoms with Crippen LogP contribution in [0.25, 0.3) is 0 Å². The maximum atomic E-state index is 12.0. The Kier molecular flexibility index (Phi) is 7.09. The minimum atomic E-state index is -0.0277. The zero-order valence-electron chi connectivity index (χ0n) is 15.1. The fourth-order valence-corrected chi connectivity index (χ4v) is 3.05. The van der Waals surface area contributed by atoms with Crippen LogP contribution in [0.1, 0.15) is 49.5 Å². The van der Waals surface area contributed by atoms with Gasteiger partial charge in [-0.15, -0.1) is 0 Å². The molecule has 1 unspecified atom stereocenters. The van der Waals surface area contributed by atoms with Gasteiger partial charge in [-0.3, -0.25) is 4.79 Å². The number of likely N-dealkylation sites (tertiary alicyclic amines) is 1. The lowest BCUT2D eigenvalue weighted by atomic mass is 10.0. The molecule has 5 heteroatoms. The van der Waals surface area contributed by atoms with Crippen LogP contribution in [0.5, 0.6) is 0 Å². The monoisotopic (exact) mass is 330 g/mol. The smallest absolute Gasteiger partial charge is 0.251 e. The second-order valence-electron chi connectivity index (χ2n) is 6.42. The minimum Gasteiger partial charge on any atom is -0.357 e. The molecular formula is C19H30N4O. The lowest BCUT2D eigenvalue weighted by Crippen LogP contribution is -2.46. The van der Waals surface area contributed by atoms with Crippen molar-refractivity contribution in [3.8, 4) is 0 Å². The van der Waals surface area contributed by atoms with E-state index in [1.165, 1.54) is 12.8 Å². The predicted octanol–water partition coefficient (Wildman–Crippen LogP) is 2.63. The van der Waals surface area contributed by atoms with E-state index in [9.17, 15) is 4.79 Å². The van der Waals surface area contributed by atoms with E-state index < -0.39 is 0 Å². The topological polar surface area (TPSA) is 56.7 Å². The summed E-state index contributed by atoms with van der Waals surface area (Å²) in [5.74, 6) is 1.66. The third-order valence-corrected chi connectivity index (χ3v) is 4.23. The predicted molar refractivity (Wildman–Crippen MR) is 99.2 cm³/mol. The van der Waals surface area contributed by atoms with Gasteiger partial charge in [0.25, 0.3) is 5.91 Å². The molecule has 1 atom stereocenters. The van der Waals surface area contributed by atoms with Crippen molar-refractivity contribution < 1.29 is 4.79 Å². The fourth-order valence-electron chi connectivity index (χ4n) is 3.05. The van der Waals surface area contributed by atoms with E-state index >= 15 is 0 Å². The maximum Gasteiger partial charge on any atom is 0.251 e. The fraction of sp³-hybridized carbons (Fsp3) is 0.579. The van der Waals surface area contributed by atoms with Crippen molar-refractivity contribution in [2.24, 2.45) is 10.9 Å². The molecule has 1 heterocycles. The second-order valence-corrected chi connectivity index (χ2v) is 6.42. The number of hydrogen-bond acceptors (Lipinski definition) is 2. The number of carbonyl (C=O) groups is 1. The highest BCUT2D eigenvalue weighted by atomic mass is 16.1. The highest BCUT2D eigenvalue weighted by molar-refractivity contribution is 5.94. The van der Waals surface area contributed by atoms with E-state index in [0.29, 0.717) is 24.6 Å². The van der Waals surface area contributed by atoms with Gasteiger partial charge in [-0.1, -0.05) is 19.1 Å². The summed E-state index contributed by atoms with van der Waals surface area (Å²) in [6.07, 6.45) is 2.52. The van der Waals surface area contributed by atoms with Gasteiger partial charge in [-0.2, -0.15) is 0 Å². The summed E-state index contributed by atoms with van der Waals surface area (Å²) in [5, 5.41) is 6.23. The van der Waals surface area contributed by atoms with Crippen LogP contribution in [0.4, 0.5) is 0 Å². The van der Waals surface area contributed by atoms with Gasteiger partial charge in [0.05, 0.1) is 6.54 Å². The van der Waals surface area contributed by atoms with Crippen LogP contribution >= 0.6 is 0 Å². The number of nitrogens with zero attached hydrogens (tertiary/aromatic N) is 2. The normalized spacial score (nSPS) is 18.4. The van der Waals surface area contributed by atoms with Crippen LogP contribution in [-0.4, -0.2) is 42.9 Å². The van der Waals surface area contributed by atoms with Gasteiger partial charge in [0.2, 0.25) is 0 Å². The average molecular weight is 330 g/mol. The zero-order chi connectivity index (χ0) is 17.4. The molecule has 24 heavy (non-hydrogen) atoms. The van der Waals surface area contributed by atoms with Crippen LogP contribution in [0, 0.1) is 5.92 Å². The number of nitrogens with one attached hydrogen (secondary N) is 2. The Hall–Kier alpha value is -2.04. The van der Waals surface area contributed by atoms with Crippen molar-refractivity contribution in [1.29, 1.82) is 0 Å². The van der Waals surface area contributed by atoms with Crippen molar-refractivity contribution >= 4 is 11.9 Å². The van der Waals surface area contributed by atoms with Crippen LogP contribution in [0.2, 0.25) is 0 Å². The summed E-state index contributed by atoms with van der Waals surface area (Å²) in [7, 11) is 0. The molecule has 1 fully saturated rings. The molecule has 1 aliphatic heterocycles. The number of piperidine rings is 1. The van der Waals surface area contributed by atoms with Crippen molar-refractivity contribution in [3.05, 3.63) is 35.4 Å². The van der Waals surface area contributed by atoms with E-state index in [4.69, 9.17) is 4.99 Å². The van der Waals surface area contributed by atoms with Crippen LogP contribution in [0.15, 0.2) is 29.3 Å². The molecule has 0 spiro atoms. The van der Waals surface area contributed by atoms with Crippen molar-refractivity contribution in [2.75, 3.05) is 26.2 Å². The summed E-state index contributed by atoms with van der Waals surface area (Å²) in [4.78, 5) is 19.1. The Morgan fingerprint density at radius 1 is 1.29 bits per heavy atom. The molecule has 0 radical (unpaired) electrons. The maximum absolute atomic E-state index is 12.0. The van der Waals surface area contributed by atoms with Crippen LogP contribution in [0.3, 0.4) is 0 Å². The molecule has 0 saturated carbocycles. The number of hydrogen-bond donors (Lipinski definition) is 2. The lowest BCUT2D eigenvalue weighted by molar-refractivity contribution is 0.0955. The lowest BCUT2D eigenvalue weighted by Gasteiger charge is -2.33. The second kappa shape index (κ2) is 9.30. The quantitative estimate of drug-likeness (QED) is 0.644. The van der Waals surface area contributed by atoms with Crippen LogP contribution < -0.4 is 10.6 Å². The molecule has 1 aromatic rings. The Morgan fingerprint density at radius 3 is 2.79 bits per heavy atom. The van der Waals surface area contributed by atoms with Gasteiger partial charge in [0.1, 0.15) is 0 Å². The summed E-state index contributed by atoms with van der Waals surface area (Å²) in [6, 6.07) is 7.71. The molecule has 2 rings (SSSR count). The molecular weight excluding hydrogens is 300 g/mol. The van der Waals surface area contributed by atoms with E-state index in [2.05, 4.69) is 29.4 Å². The molecule has 5 nitrogen and oxygen atoms in total. The number of benzene rings is 1. The van der Waals surface area contributed by atoms with E-state index in [0.717, 1.165) is 31.2 Å². The average Bonchev–Trinajstić information content (AvgIpc) is 2.59. The molecule has 1 saturated heterocycles. The Morgan fingerprint density at radius 2 is 2.08 bits per heavy atom. The number of amides is 1. The number of carbonyl (C=O) groups excluding carboxylic acids is 1. The molecule has 0 aliphatic carbocycles. The van der Waals surface area contributed by atoms with Gasteiger partial charge in [0.15, 0.2) is 5.96 Å². The van der Waals surface area contributed by atoms with Gasteiger partial charge in [-0.25, -0.2) is 4.99 Å². The van der Waals surface area contributed by atoms with Gasteiger partial charge >= 0.3 is 0 Å². The first-order chi connectivity index (χ1) is 11.6. The summed E-state index contributed by atoms with van der Waals surface area (Å²) < 4.78 is 0. The number of guanidine groups is 1. The van der Waals surface area contributed by atoms with Crippen molar-refractivity contribution in [1.82, 2.24) is 15.5 Å². The summed E-state index contributed by atoms with van der Waals surface area (Å²) >= 11 is 0. The third kappa shape index (κ3) is 5.25. The molecule has 0 bridgehead atoms. The first kappa shape index (κ1) is 18.3. The Bertz CT molecular complexity index is 570. The van der Waals surface area contributed by atoms with E-state index in [1.54, 1.807) is 0 Å². The SMILES string of the molecule is CCNC(=O)c1cccc(CN=C(NCC)N2CCCC(C)C2)c1. The van der Waals surface area contributed by atoms with E-state index in [-0.39, 0.29) is 5.91 Å². The first-order valence-corrected chi connectivity index (χ1v) is 9.04. The molecule has 0 aromatic heterocycles. The van der Waals surface area contributed by atoms with Crippen molar-refractivity contribution in [3.63, 3.8) is 0 Å². The van der Waals surface area contributed by atoms with Gasteiger partial charge in [0, 0.05) is 31.7 Å². The Balaban J connectivity index is 2.08. The summed E-state index contributed by atoms with van der Waals surface area (Å²) in [6.45, 7) is 10.5. The molecule has 2 N–H and O–H groups in total. The highest BCUT2D eigenvalue weighted by Crippen LogP contribution is 2.16. The van der Waals surface area contributed by atoms with E-state index in [1.807, 2.05) is 31.2 Å². The van der Waals surface area contributed by atoms with Crippen LogP contribution in [-0.2, 0) is 6.54 Å². The minimum absolute atomic E-state index is 0.0277. The molecule has 1 aromatic carbocycles. The molecule has 132 valence electrons. The summed E-state index contributed by atoms with van der Waals surface area (Å²) in [5.41, 5.74) is 1.75. The first-order valence-electron chi connectivity index (χ1n) is 9.04. The largest absolute Gasteiger partial charge is 0.357 e. The van der Waals surface area contributed by atoms with Crippen molar-refractivity contribution in [2.45, 2.75) is 40.2 Å². The van der Waals surface area contributed by atoms with Gasteiger partial charge < -0.3 is 15.5 Å².